The lowest BCUT2D eigenvalue weighted by molar-refractivity contribution is -0.123. The number of carbonyl (C=O) groups is 2. The summed E-state index contributed by atoms with van der Waals surface area (Å²) in [4.78, 5) is 24.9. The van der Waals surface area contributed by atoms with E-state index in [9.17, 15) is 9.59 Å². The molecule has 0 spiro atoms. The first-order chi connectivity index (χ1) is 7.13. The Kier molecular flexibility index (Phi) is 4.18. The van der Waals surface area contributed by atoms with Crippen LogP contribution in [-0.4, -0.2) is 22.7 Å². The van der Waals surface area contributed by atoms with Crippen LogP contribution in [0.4, 0.5) is 0 Å². The molecule has 0 aromatic heterocycles. The molecular formula is C10H15N3O2. The molecule has 1 aliphatic carbocycles. The summed E-state index contributed by atoms with van der Waals surface area (Å²) in [5.41, 5.74) is 13.4. The van der Waals surface area contributed by atoms with E-state index < -0.39 is 0 Å². The number of primary amides is 1. The molecule has 0 saturated heterocycles. The van der Waals surface area contributed by atoms with E-state index in [1.54, 1.807) is 0 Å². The van der Waals surface area contributed by atoms with Crippen LogP contribution in [0.15, 0.2) is 0 Å². The summed E-state index contributed by atoms with van der Waals surface area (Å²) >= 11 is 0. The van der Waals surface area contributed by atoms with Gasteiger partial charge in [0, 0.05) is 12.3 Å². The zero-order valence-electron chi connectivity index (χ0n) is 8.56. The summed E-state index contributed by atoms with van der Waals surface area (Å²) in [6.45, 7) is 0. The molecule has 0 aromatic rings. The first kappa shape index (κ1) is 11.6. The van der Waals surface area contributed by atoms with Gasteiger partial charge in [-0.3, -0.25) is 9.59 Å². The Morgan fingerprint density at radius 1 is 1.47 bits per heavy atom. The molecule has 0 aliphatic heterocycles. The molecule has 1 aliphatic rings. The average Bonchev–Trinajstić information content (AvgIpc) is 2.17. The van der Waals surface area contributed by atoms with Crippen LogP contribution < -0.4 is 5.73 Å². The van der Waals surface area contributed by atoms with Crippen LogP contribution in [0.3, 0.4) is 0 Å². The van der Waals surface area contributed by atoms with Gasteiger partial charge in [0.2, 0.25) is 11.7 Å². The summed E-state index contributed by atoms with van der Waals surface area (Å²) in [7, 11) is 0. The maximum absolute atomic E-state index is 11.4. The van der Waals surface area contributed by atoms with Gasteiger partial charge in [-0.05, 0) is 25.2 Å². The molecule has 15 heavy (non-hydrogen) atoms. The fourth-order valence-corrected chi connectivity index (χ4v) is 2.18. The van der Waals surface area contributed by atoms with E-state index in [4.69, 9.17) is 11.3 Å². The molecule has 5 heteroatoms. The molecule has 1 fully saturated rings. The highest BCUT2D eigenvalue weighted by molar-refractivity contribution is 6.26. The highest BCUT2D eigenvalue weighted by Gasteiger charge is 2.28. The lowest BCUT2D eigenvalue weighted by atomic mass is 9.78. The van der Waals surface area contributed by atoms with Crippen molar-refractivity contribution in [3.63, 3.8) is 0 Å². The molecule has 0 unspecified atom stereocenters. The fraction of sp³-hybridized carbons (Fsp3) is 0.700. The highest BCUT2D eigenvalue weighted by atomic mass is 16.1. The average molecular weight is 209 g/mol. The fourth-order valence-electron chi connectivity index (χ4n) is 2.18. The molecule has 82 valence electrons. The second-order valence-electron chi connectivity index (χ2n) is 4.05. The molecule has 2 atom stereocenters. The van der Waals surface area contributed by atoms with Gasteiger partial charge in [-0.2, -0.15) is 4.79 Å². The van der Waals surface area contributed by atoms with E-state index in [1.165, 1.54) is 0 Å². The number of ketones is 1. The first-order valence-electron chi connectivity index (χ1n) is 5.13. The molecule has 0 bridgehead atoms. The zero-order valence-corrected chi connectivity index (χ0v) is 8.56. The second kappa shape index (κ2) is 5.41. The Balaban J connectivity index is 2.51. The summed E-state index contributed by atoms with van der Waals surface area (Å²) in [5.74, 6) is -0.383. The van der Waals surface area contributed by atoms with Crippen LogP contribution in [0.1, 0.15) is 32.1 Å². The van der Waals surface area contributed by atoms with Crippen molar-refractivity contribution < 1.29 is 14.4 Å². The molecular weight excluding hydrogens is 194 g/mol. The summed E-state index contributed by atoms with van der Waals surface area (Å²) in [6, 6.07) is 0. The zero-order chi connectivity index (χ0) is 11.3. The number of hydrogen-bond acceptors (Lipinski definition) is 2. The predicted molar refractivity (Wildman–Crippen MR) is 53.9 cm³/mol. The normalized spacial score (nSPS) is 25.3. The third-order valence-corrected chi connectivity index (χ3v) is 2.86. The van der Waals surface area contributed by atoms with Crippen molar-refractivity contribution in [2.75, 3.05) is 0 Å². The number of nitrogens with two attached hydrogens (primary N) is 1. The molecule has 1 amide bonds. The van der Waals surface area contributed by atoms with Crippen LogP contribution in [0.5, 0.6) is 0 Å². The van der Waals surface area contributed by atoms with Crippen LogP contribution in [0.25, 0.3) is 5.53 Å². The lowest BCUT2D eigenvalue weighted by Crippen LogP contribution is -2.26. The number of carbonyl (C=O) groups excluding carboxylic acids is 2. The van der Waals surface area contributed by atoms with E-state index >= 15 is 0 Å². The third-order valence-electron chi connectivity index (χ3n) is 2.86. The second-order valence-corrected chi connectivity index (χ2v) is 4.05. The monoisotopic (exact) mass is 209 g/mol. The van der Waals surface area contributed by atoms with E-state index in [2.05, 4.69) is 4.79 Å². The number of nitrogens with zero attached hydrogens (tertiary/aromatic N) is 2. The van der Waals surface area contributed by atoms with E-state index in [0.717, 1.165) is 25.5 Å². The van der Waals surface area contributed by atoms with E-state index in [1.807, 2.05) is 0 Å². The summed E-state index contributed by atoms with van der Waals surface area (Å²) < 4.78 is 0. The maximum Gasteiger partial charge on any atom is 0.323 e. The summed E-state index contributed by atoms with van der Waals surface area (Å²) in [6.07, 6.45) is 4.64. The third kappa shape index (κ3) is 3.64. The van der Waals surface area contributed by atoms with Crippen LogP contribution in [0, 0.1) is 11.8 Å². The predicted octanol–water partition coefficient (Wildman–Crippen LogP) is 0.538. The highest BCUT2D eigenvalue weighted by Crippen LogP contribution is 2.31. The Labute approximate surface area is 88.3 Å². The number of rotatable bonds is 4. The minimum absolute atomic E-state index is 0.112. The van der Waals surface area contributed by atoms with Crippen LogP contribution >= 0.6 is 0 Å². The van der Waals surface area contributed by atoms with Gasteiger partial charge >= 0.3 is 6.21 Å². The van der Waals surface area contributed by atoms with Crippen molar-refractivity contribution in [3.8, 4) is 0 Å². The number of amides is 1. The van der Waals surface area contributed by atoms with Gasteiger partial charge in [0.25, 0.3) is 0 Å². The van der Waals surface area contributed by atoms with E-state index in [0.29, 0.717) is 12.8 Å². The molecule has 1 rings (SSSR count). The first-order valence-corrected chi connectivity index (χ1v) is 5.13. The van der Waals surface area contributed by atoms with Gasteiger partial charge in [-0.15, -0.1) is 0 Å². The lowest BCUT2D eigenvalue weighted by Gasteiger charge is -2.25. The topological polar surface area (TPSA) is 96.6 Å². The van der Waals surface area contributed by atoms with Gasteiger partial charge in [-0.25, -0.2) is 0 Å². The molecule has 1 saturated carbocycles. The van der Waals surface area contributed by atoms with Gasteiger partial charge in [-0.1, -0.05) is 6.42 Å². The summed E-state index contributed by atoms with van der Waals surface area (Å²) in [5, 5.41) is 0. The van der Waals surface area contributed by atoms with E-state index in [-0.39, 0.29) is 23.5 Å². The van der Waals surface area contributed by atoms with Crippen LogP contribution in [0.2, 0.25) is 0 Å². The quantitative estimate of drug-likeness (QED) is 0.415. The molecule has 0 radical (unpaired) electrons. The molecule has 0 aromatic carbocycles. The smallest absolute Gasteiger partial charge is 0.323 e. The molecule has 5 nitrogen and oxygen atoms in total. The molecule has 0 heterocycles. The SMILES string of the molecule is [N-]=[N+]=CC(=O)[C@H]1CCC[C@@H](CC(N)=O)C1. The Morgan fingerprint density at radius 2 is 2.20 bits per heavy atom. The minimum Gasteiger partial charge on any atom is -0.370 e. The van der Waals surface area contributed by atoms with Gasteiger partial charge in [0.05, 0.1) is 0 Å². The van der Waals surface area contributed by atoms with Crippen molar-refractivity contribution in [2.45, 2.75) is 32.1 Å². The van der Waals surface area contributed by atoms with Crippen molar-refractivity contribution in [3.05, 3.63) is 5.53 Å². The maximum atomic E-state index is 11.4. The van der Waals surface area contributed by atoms with Crippen molar-refractivity contribution in [2.24, 2.45) is 17.6 Å². The Bertz CT molecular complexity index is 308. The van der Waals surface area contributed by atoms with Crippen molar-refractivity contribution in [1.82, 2.24) is 0 Å². The standard InChI is InChI=1S/C10H15N3O2/c11-10(15)5-7-2-1-3-8(4-7)9(14)6-13-12/h6-8H,1-5H2,(H2,11,15)/t7-,8+/m1/s1. The number of hydrogen-bond donors (Lipinski definition) is 1. The largest absolute Gasteiger partial charge is 0.370 e. The van der Waals surface area contributed by atoms with Gasteiger partial charge in [0.15, 0.2) is 0 Å². The van der Waals surface area contributed by atoms with Crippen LogP contribution in [-0.2, 0) is 9.59 Å². The molecule has 2 N–H and O–H groups in total. The Hall–Kier alpha value is -1.48. The Morgan fingerprint density at radius 3 is 2.80 bits per heavy atom. The number of Topliss-reactive ketones (excluding diaryl/α,β-unsaturated/α-hetero) is 1. The van der Waals surface area contributed by atoms with Gasteiger partial charge in [0.1, 0.15) is 0 Å². The van der Waals surface area contributed by atoms with Crippen molar-refractivity contribution >= 4 is 17.9 Å². The minimum atomic E-state index is -0.316. The van der Waals surface area contributed by atoms with Gasteiger partial charge < -0.3 is 11.3 Å². The van der Waals surface area contributed by atoms with Crippen molar-refractivity contribution in [1.29, 1.82) is 0 Å².